The normalized spacial score (nSPS) is 12.2. The Morgan fingerprint density at radius 2 is 0.522 bits per heavy atom. The lowest BCUT2D eigenvalue weighted by Crippen LogP contribution is -2.30. The summed E-state index contributed by atoms with van der Waals surface area (Å²) in [5.41, 5.74) is 0. The Labute approximate surface area is 429 Å². The largest absolute Gasteiger partial charge is 0.462 e. The lowest BCUT2D eigenvalue weighted by Gasteiger charge is -2.18. The van der Waals surface area contributed by atoms with E-state index in [0.717, 1.165) is 77.0 Å². The van der Waals surface area contributed by atoms with Crippen LogP contribution in [-0.4, -0.2) is 37.2 Å². The molecule has 0 radical (unpaired) electrons. The molecule has 0 unspecified atom stereocenters. The van der Waals surface area contributed by atoms with E-state index in [1.165, 1.54) is 212 Å². The molecular formula is C63H116O6. The highest BCUT2D eigenvalue weighted by molar-refractivity contribution is 5.71. The van der Waals surface area contributed by atoms with Crippen molar-refractivity contribution in [1.29, 1.82) is 0 Å². The zero-order valence-electron chi connectivity index (χ0n) is 46.3. The molecule has 404 valence electrons. The predicted molar refractivity (Wildman–Crippen MR) is 298 cm³/mol. The van der Waals surface area contributed by atoms with E-state index in [1.807, 2.05) is 0 Å². The highest BCUT2D eigenvalue weighted by Crippen LogP contribution is 2.17. The molecule has 0 amide bonds. The predicted octanol–water partition coefficient (Wildman–Crippen LogP) is 20.4. The third kappa shape index (κ3) is 56.4. The van der Waals surface area contributed by atoms with Gasteiger partial charge in [-0.1, -0.05) is 269 Å². The van der Waals surface area contributed by atoms with Crippen molar-refractivity contribution in [1.82, 2.24) is 0 Å². The maximum absolute atomic E-state index is 12.9. The number of hydrogen-bond acceptors (Lipinski definition) is 6. The first-order chi connectivity index (χ1) is 34.0. The summed E-state index contributed by atoms with van der Waals surface area (Å²) in [5.74, 6) is -0.872. The molecule has 0 aliphatic carbocycles. The average molecular weight is 970 g/mol. The van der Waals surface area contributed by atoms with Gasteiger partial charge in [-0.2, -0.15) is 0 Å². The lowest BCUT2D eigenvalue weighted by molar-refractivity contribution is -0.167. The van der Waals surface area contributed by atoms with Gasteiger partial charge in [0.1, 0.15) is 13.2 Å². The zero-order valence-corrected chi connectivity index (χ0v) is 46.3. The Kier molecular flexibility index (Phi) is 56.2. The van der Waals surface area contributed by atoms with E-state index in [9.17, 15) is 14.4 Å². The fourth-order valence-corrected chi connectivity index (χ4v) is 9.00. The van der Waals surface area contributed by atoms with Gasteiger partial charge in [-0.3, -0.25) is 14.4 Å². The van der Waals surface area contributed by atoms with Crippen molar-refractivity contribution in [3.63, 3.8) is 0 Å². The Balaban J connectivity index is 4.30. The van der Waals surface area contributed by atoms with Crippen molar-refractivity contribution in [2.45, 2.75) is 335 Å². The molecule has 0 aliphatic rings. The smallest absolute Gasteiger partial charge is 0.306 e. The van der Waals surface area contributed by atoms with Gasteiger partial charge in [0.05, 0.1) is 0 Å². The molecule has 0 spiro atoms. The van der Waals surface area contributed by atoms with E-state index in [2.05, 4.69) is 57.2 Å². The first-order valence-corrected chi connectivity index (χ1v) is 30.5. The second kappa shape index (κ2) is 58.2. The Hall–Kier alpha value is -2.37. The molecule has 0 bridgehead atoms. The van der Waals surface area contributed by atoms with Crippen molar-refractivity contribution < 1.29 is 28.6 Å². The van der Waals surface area contributed by atoms with Crippen LogP contribution in [-0.2, 0) is 28.6 Å². The van der Waals surface area contributed by atoms with Crippen molar-refractivity contribution in [3.8, 4) is 0 Å². The molecule has 1 atom stereocenters. The molecule has 0 fully saturated rings. The monoisotopic (exact) mass is 969 g/mol. The zero-order chi connectivity index (χ0) is 50.0. The van der Waals surface area contributed by atoms with Gasteiger partial charge < -0.3 is 14.2 Å². The summed E-state index contributed by atoms with van der Waals surface area (Å²) in [7, 11) is 0. The van der Waals surface area contributed by atoms with E-state index in [0.29, 0.717) is 19.3 Å². The van der Waals surface area contributed by atoms with Crippen molar-refractivity contribution in [2.24, 2.45) is 0 Å². The number of hydrogen-bond donors (Lipinski definition) is 0. The highest BCUT2D eigenvalue weighted by atomic mass is 16.6. The van der Waals surface area contributed by atoms with Crippen LogP contribution >= 0.6 is 0 Å². The molecule has 0 aromatic carbocycles. The van der Waals surface area contributed by atoms with Gasteiger partial charge in [-0.15, -0.1) is 0 Å². The van der Waals surface area contributed by atoms with Crippen LogP contribution in [0.1, 0.15) is 329 Å². The maximum Gasteiger partial charge on any atom is 0.306 e. The molecule has 69 heavy (non-hydrogen) atoms. The topological polar surface area (TPSA) is 78.9 Å². The summed E-state index contributed by atoms with van der Waals surface area (Å²) in [6.45, 7) is 6.64. The molecule has 0 aliphatic heterocycles. The first kappa shape index (κ1) is 66.6. The summed E-state index contributed by atoms with van der Waals surface area (Å²) in [6, 6.07) is 0. The molecule has 0 saturated heterocycles. The molecule has 0 aromatic heterocycles. The van der Waals surface area contributed by atoms with Crippen LogP contribution in [0.3, 0.4) is 0 Å². The van der Waals surface area contributed by atoms with Crippen molar-refractivity contribution in [3.05, 3.63) is 36.5 Å². The van der Waals surface area contributed by atoms with Gasteiger partial charge in [0.2, 0.25) is 0 Å². The first-order valence-electron chi connectivity index (χ1n) is 30.5. The summed E-state index contributed by atoms with van der Waals surface area (Å²) in [5, 5.41) is 0. The summed E-state index contributed by atoms with van der Waals surface area (Å²) >= 11 is 0. The summed E-state index contributed by atoms with van der Waals surface area (Å²) in [4.78, 5) is 38.2. The summed E-state index contributed by atoms with van der Waals surface area (Å²) < 4.78 is 16.9. The fraction of sp³-hybridized carbons (Fsp3) is 0.857. The standard InChI is InChI=1S/C63H116O6/c1-4-7-10-13-16-19-22-25-27-29-30-31-32-34-35-38-41-44-47-50-53-56-62(65)68-59-60(58-67-61(64)55-52-49-46-43-40-37-24-21-18-15-12-9-6-3)69-63(66)57-54-51-48-45-42-39-36-33-28-26-23-20-17-14-11-8-5-2/h17,20-21,24,26,28,60H,4-16,18-19,22-23,25,27,29-59H2,1-3H3/b20-17-,24-21-,28-26-/t60-/m1/s1. The summed E-state index contributed by atoms with van der Waals surface area (Å²) in [6.07, 6.45) is 70.0. The quantitative estimate of drug-likeness (QED) is 0.0261. The molecule has 0 saturated carbocycles. The second-order valence-electron chi connectivity index (χ2n) is 20.6. The van der Waals surface area contributed by atoms with Crippen molar-refractivity contribution in [2.75, 3.05) is 13.2 Å². The SMILES string of the molecule is CCCCC/C=C\C/C=C\CCCCCCCCCC(=O)O[C@H](COC(=O)CCCCCCC/C=C\CCCCCC)COC(=O)CCCCCCCCCCCCCCCCCCCCCCC. The number of unbranched alkanes of at least 4 members (excludes halogenated alkanes) is 39. The Morgan fingerprint density at radius 1 is 0.290 bits per heavy atom. The minimum Gasteiger partial charge on any atom is -0.462 e. The van der Waals surface area contributed by atoms with Gasteiger partial charge >= 0.3 is 17.9 Å². The van der Waals surface area contributed by atoms with Crippen molar-refractivity contribution >= 4 is 17.9 Å². The van der Waals surface area contributed by atoms with E-state index in [1.54, 1.807) is 0 Å². The molecule has 0 N–H and O–H groups in total. The maximum atomic E-state index is 12.9. The Morgan fingerprint density at radius 3 is 0.855 bits per heavy atom. The van der Waals surface area contributed by atoms with Crippen LogP contribution in [0.15, 0.2) is 36.5 Å². The minimum atomic E-state index is -0.777. The number of carbonyl (C=O) groups excluding carboxylic acids is 3. The van der Waals surface area contributed by atoms with Gasteiger partial charge in [-0.25, -0.2) is 0 Å². The van der Waals surface area contributed by atoms with E-state index >= 15 is 0 Å². The van der Waals surface area contributed by atoms with Crippen LogP contribution in [0, 0.1) is 0 Å². The highest BCUT2D eigenvalue weighted by Gasteiger charge is 2.19. The molecule has 0 heterocycles. The van der Waals surface area contributed by atoms with Gasteiger partial charge in [-0.05, 0) is 77.0 Å². The van der Waals surface area contributed by atoms with Crippen LogP contribution in [0.5, 0.6) is 0 Å². The van der Waals surface area contributed by atoms with Gasteiger partial charge in [0.25, 0.3) is 0 Å². The van der Waals surface area contributed by atoms with E-state index in [4.69, 9.17) is 14.2 Å². The lowest BCUT2D eigenvalue weighted by atomic mass is 10.0. The minimum absolute atomic E-state index is 0.0742. The molecule has 0 aromatic rings. The van der Waals surface area contributed by atoms with Gasteiger partial charge in [0, 0.05) is 19.3 Å². The number of esters is 3. The van der Waals surface area contributed by atoms with E-state index < -0.39 is 6.10 Å². The third-order valence-corrected chi connectivity index (χ3v) is 13.6. The number of ether oxygens (including phenoxy) is 3. The average Bonchev–Trinajstić information content (AvgIpc) is 3.35. The molecule has 6 heteroatoms. The Bertz CT molecular complexity index is 1160. The number of rotatable bonds is 56. The second-order valence-corrected chi connectivity index (χ2v) is 20.6. The number of carbonyl (C=O) groups is 3. The van der Waals surface area contributed by atoms with Gasteiger partial charge in [0.15, 0.2) is 6.10 Å². The molecular weight excluding hydrogens is 853 g/mol. The molecule has 6 nitrogen and oxygen atoms in total. The molecule has 0 rings (SSSR count). The van der Waals surface area contributed by atoms with Crippen LogP contribution in [0.25, 0.3) is 0 Å². The van der Waals surface area contributed by atoms with Crippen LogP contribution < -0.4 is 0 Å². The van der Waals surface area contributed by atoms with E-state index in [-0.39, 0.29) is 31.1 Å². The van der Waals surface area contributed by atoms with Crippen LogP contribution in [0.2, 0.25) is 0 Å². The third-order valence-electron chi connectivity index (χ3n) is 13.6. The van der Waals surface area contributed by atoms with Crippen LogP contribution in [0.4, 0.5) is 0 Å². The number of allylic oxidation sites excluding steroid dienone is 6. The fourth-order valence-electron chi connectivity index (χ4n) is 9.00.